The normalized spacial score (nSPS) is 31.8. The molecule has 0 saturated heterocycles. The van der Waals surface area contributed by atoms with Crippen LogP contribution >= 0.6 is 11.3 Å². The smallest absolute Gasteiger partial charge is 0.312 e. The Kier molecular flexibility index (Phi) is 4.45. The van der Waals surface area contributed by atoms with Crippen molar-refractivity contribution in [3.8, 4) is 0 Å². The van der Waals surface area contributed by atoms with E-state index in [9.17, 15) is 9.59 Å². The molecule has 1 atom stereocenters. The van der Waals surface area contributed by atoms with Gasteiger partial charge in [0.15, 0.2) is 11.6 Å². The number of carbonyl (C=O) groups is 2. The Morgan fingerprint density at radius 1 is 1.29 bits per heavy atom. The number of amides is 1. The number of rotatable bonds is 6. The standard InChI is InChI=1S/C21H27N3O3S/c1-13(21-8-14-4-15(9-21)6-16(5-14)10-21)22-18(25)12-27-19(26)7-17-11-24-2-3-28-20(24)23-17/h2-3,11,13-16H,4-10,12H2,1H3,(H,22,25)/t13-,14?,15?,16?,21?/m1/s1. The van der Waals surface area contributed by atoms with Gasteiger partial charge in [-0.2, -0.15) is 0 Å². The largest absolute Gasteiger partial charge is 0.455 e. The molecule has 1 N–H and O–H groups in total. The van der Waals surface area contributed by atoms with E-state index < -0.39 is 5.97 Å². The van der Waals surface area contributed by atoms with Gasteiger partial charge in [0.25, 0.3) is 5.91 Å². The Bertz CT molecular complexity index is 838. The molecule has 6 nitrogen and oxygen atoms in total. The molecule has 4 aliphatic rings. The van der Waals surface area contributed by atoms with Crippen molar-refractivity contribution in [1.29, 1.82) is 0 Å². The summed E-state index contributed by atoms with van der Waals surface area (Å²) in [6.07, 6.45) is 11.7. The Morgan fingerprint density at radius 3 is 2.61 bits per heavy atom. The van der Waals surface area contributed by atoms with Gasteiger partial charge in [0.1, 0.15) is 0 Å². The molecule has 0 spiro atoms. The van der Waals surface area contributed by atoms with Gasteiger partial charge in [-0.05, 0) is 68.6 Å². The summed E-state index contributed by atoms with van der Waals surface area (Å²) in [6, 6.07) is 0.145. The monoisotopic (exact) mass is 401 g/mol. The first-order valence-electron chi connectivity index (χ1n) is 10.4. The molecule has 6 rings (SSSR count). The lowest BCUT2D eigenvalue weighted by Gasteiger charge is -2.59. The van der Waals surface area contributed by atoms with E-state index in [1.165, 1.54) is 49.9 Å². The van der Waals surface area contributed by atoms with Gasteiger partial charge in [0, 0.05) is 23.8 Å². The van der Waals surface area contributed by atoms with Crippen LogP contribution in [0.15, 0.2) is 17.8 Å². The first-order valence-corrected chi connectivity index (χ1v) is 11.2. The van der Waals surface area contributed by atoms with Crippen LogP contribution < -0.4 is 5.32 Å². The van der Waals surface area contributed by atoms with E-state index >= 15 is 0 Å². The van der Waals surface area contributed by atoms with Crippen LogP contribution in [0.3, 0.4) is 0 Å². The minimum atomic E-state index is -0.414. The highest BCUT2D eigenvalue weighted by molar-refractivity contribution is 7.15. The van der Waals surface area contributed by atoms with Crippen molar-refractivity contribution in [2.45, 2.75) is 57.9 Å². The maximum absolute atomic E-state index is 12.4. The van der Waals surface area contributed by atoms with Crippen LogP contribution in [0.2, 0.25) is 0 Å². The highest BCUT2D eigenvalue weighted by Crippen LogP contribution is 2.61. The third-order valence-corrected chi connectivity index (χ3v) is 7.99. The molecule has 4 bridgehead atoms. The van der Waals surface area contributed by atoms with Gasteiger partial charge in [-0.1, -0.05) is 0 Å². The molecule has 7 heteroatoms. The van der Waals surface area contributed by atoms with Crippen molar-refractivity contribution in [2.75, 3.05) is 6.61 Å². The molecule has 0 unspecified atom stereocenters. The molecular weight excluding hydrogens is 374 g/mol. The summed E-state index contributed by atoms with van der Waals surface area (Å²) in [6.45, 7) is 1.93. The second kappa shape index (κ2) is 6.87. The lowest BCUT2D eigenvalue weighted by molar-refractivity contribution is -0.149. The van der Waals surface area contributed by atoms with Crippen LogP contribution in [-0.4, -0.2) is 33.9 Å². The number of imidazole rings is 1. The SMILES string of the molecule is C[C@@H](NC(=O)COC(=O)Cc1cn2ccsc2n1)C12CC3CC(CC(C3)C1)C2. The van der Waals surface area contributed by atoms with Gasteiger partial charge in [0.2, 0.25) is 0 Å². The zero-order chi connectivity index (χ0) is 19.3. The van der Waals surface area contributed by atoms with E-state index in [0.717, 1.165) is 22.7 Å². The Hall–Kier alpha value is -1.89. The average molecular weight is 402 g/mol. The number of thiazole rings is 1. The molecule has 4 aliphatic carbocycles. The quantitative estimate of drug-likeness (QED) is 0.755. The molecule has 150 valence electrons. The number of ether oxygens (including phenoxy) is 1. The highest BCUT2D eigenvalue weighted by Gasteiger charge is 2.53. The molecule has 4 fully saturated rings. The topological polar surface area (TPSA) is 72.7 Å². The number of nitrogens with one attached hydrogen (secondary N) is 1. The number of fused-ring (bicyclic) bond motifs is 1. The number of aromatic nitrogens is 2. The Labute approximate surface area is 168 Å². The van der Waals surface area contributed by atoms with Gasteiger partial charge >= 0.3 is 5.97 Å². The molecule has 2 aromatic rings. The van der Waals surface area contributed by atoms with Gasteiger partial charge in [-0.15, -0.1) is 11.3 Å². The summed E-state index contributed by atoms with van der Waals surface area (Å²) >= 11 is 1.52. The minimum Gasteiger partial charge on any atom is -0.455 e. The van der Waals surface area contributed by atoms with Crippen LogP contribution in [0.25, 0.3) is 4.96 Å². The summed E-state index contributed by atoms with van der Waals surface area (Å²) < 4.78 is 7.09. The van der Waals surface area contributed by atoms with Crippen molar-refractivity contribution in [3.05, 3.63) is 23.5 Å². The van der Waals surface area contributed by atoms with Crippen LogP contribution in [0, 0.1) is 23.2 Å². The fraction of sp³-hybridized carbons (Fsp3) is 0.667. The first kappa shape index (κ1) is 18.2. The fourth-order valence-corrected chi connectivity index (χ4v) is 7.07. The first-order chi connectivity index (χ1) is 13.5. The van der Waals surface area contributed by atoms with E-state index in [4.69, 9.17) is 4.74 Å². The lowest BCUT2D eigenvalue weighted by Crippen LogP contribution is -2.56. The number of carbonyl (C=O) groups excluding carboxylic acids is 2. The van der Waals surface area contributed by atoms with Gasteiger partial charge in [0.05, 0.1) is 12.1 Å². The van der Waals surface area contributed by atoms with E-state index in [1.54, 1.807) is 0 Å². The van der Waals surface area contributed by atoms with Crippen molar-refractivity contribution >= 4 is 28.2 Å². The summed E-state index contributed by atoms with van der Waals surface area (Å²) in [4.78, 5) is 29.7. The number of hydrogen-bond donors (Lipinski definition) is 1. The van der Waals surface area contributed by atoms with E-state index in [-0.39, 0.29) is 30.4 Å². The minimum absolute atomic E-state index is 0.0895. The summed E-state index contributed by atoms with van der Waals surface area (Å²) in [5.41, 5.74) is 0.926. The summed E-state index contributed by atoms with van der Waals surface area (Å²) in [7, 11) is 0. The van der Waals surface area contributed by atoms with Crippen LogP contribution in [0.4, 0.5) is 0 Å². The zero-order valence-corrected chi connectivity index (χ0v) is 17.0. The average Bonchev–Trinajstić information content (AvgIpc) is 3.20. The number of hydrogen-bond acceptors (Lipinski definition) is 5. The van der Waals surface area contributed by atoms with E-state index in [0.29, 0.717) is 5.69 Å². The van der Waals surface area contributed by atoms with Crippen molar-refractivity contribution in [3.63, 3.8) is 0 Å². The molecular formula is C21H27N3O3S. The van der Waals surface area contributed by atoms with Crippen molar-refractivity contribution in [2.24, 2.45) is 23.2 Å². The molecule has 0 aliphatic heterocycles. The molecule has 2 aromatic heterocycles. The molecule has 28 heavy (non-hydrogen) atoms. The van der Waals surface area contributed by atoms with Crippen molar-refractivity contribution < 1.29 is 14.3 Å². The van der Waals surface area contributed by atoms with Gasteiger partial charge in [-0.25, -0.2) is 4.98 Å². The van der Waals surface area contributed by atoms with Gasteiger partial charge < -0.3 is 10.1 Å². The molecule has 2 heterocycles. The maximum atomic E-state index is 12.4. The van der Waals surface area contributed by atoms with Gasteiger partial charge in [-0.3, -0.25) is 14.0 Å². The summed E-state index contributed by atoms with van der Waals surface area (Å²) in [5.74, 6) is 1.96. The van der Waals surface area contributed by atoms with E-state index in [2.05, 4.69) is 17.2 Å². The molecule has 1 amide bonds. The third kappa shape index (κ3) is 3.34. The van der Waals surface area contributed by atoms with Crippen LogP contribution in [0.1, 0.15) is 51.1 Å². The Morgan fingerprint density at radius 2 is 1.96 bits per heavy atom. The molecule has 0 radical (unpaired) electrons. The summed E-state index contributed by atoms with van der Waals surface area (Å²) in [5, 5.41) is 5.08. The molecule has 0 aromatic carbocycles. The lowest BCUT2D eigenvalue weighted by atomic mass is 9.48. The van der Waals surface area contributed by atoms with Crippen LogP contribution in [0.5, 0.6) is 0 Å². The number of nitrogens with zero attached hydrogens (tertiary/aromatic N) is 2. The predicted molar refractivity (Wildman–Crippen MR) is 106 cm³/mol. The fourth-order valence-electron chi connectivity index (χ4n) is 6.35. The van der Waals surface area contributed by atoms with Crippen LogP contribution in [-0.2, 0) is 20.7 Å². The highest BCUT2D eigenvalue weighted by atomic mass is 32.1. The second-order valence-corrected chi connectivity index (χ2v) is 10.1. The predicted octanol–water partition coefficient (Wildman–Crippen LogP) is 3.20. The molecule has 4 saturated carbocycles. The maximum Gasteiger partial charge on any atom is 0.312 e. The third-order valence-electron chi connectivity index (χ3n) is 7.21. The Balaban J connectivity index is 1.12. The van der Waals surface area contributed by atoms with E-state index in [1.807, 2.05) is 22.2 Å². The number of esters is 1. The van der Waals surface area contributed by atoms with Crippen molar-refractivity contribution in [1.82, 2.24) is 14.7 Å². The second-order valence-electron chi connectivity index (χ2n) is 9.23. The zero-order valence-electron chi connectivity index (χ0n) is 16.2.